The summed E-state index contributed by atoms with van der Waals surface area (Å²) in [5.41, 5.74) is -0.991. The summed E-state index contributed by atoms with van der Waals surface area (Å²) in [5.74, 6) is -0.883. The summed E-state index contributed by atoms with van der Waals surface area (Å²) in [4.78, 5) is 10.3. The smallest absolute Gasteiger partial charge is 0.417 e. The maximum atomic E-state index is 12.6. The van der Waals surface area contributed by atoms with Crippen molar-refractivity contribution in [1.82, 2.24) is 0 Å². The van der Waals surface area contributed by atoms with Crippen LogP contribution in [0.25, 0.3) is 0 Å². The van der Waals surface area contributed by atoms with Crippen LogP contribution in [0.3, 0.4) is 0 Å². The van der Waals surface area contributed by atoms with E-state index in [-0.39, 0.29) is 6.42 Å². The molecule has 20 heavy (non-hydrogen) atoms. The first-order chi connectivity index (χ1) is 9.34. The van der Waals surface area contributed by atoms with Crippen molar-refractivity contribution in [2.24, 2.45) is 0 Å². The van der Waals surface area contributed by atoms with Crippen LogP contribution in [0.1, 0.15) is 30.4 Å². The lowest BCUT2D eigenvalue weighted by atomic mass is 10.1. The Morgan fingerprint density at radius 3 is 2.60 bits per heavy atom. The van der Waals surface area contributed by atoms with Gasteiger partial charge in [-0.15, -0.1) is 0 Å². The molecule has 1 rings (SSSR count). The van der Waals surface area contributed by atoms with E-state index in [9.17, 15) is 18.0 Å². The van der Waals surface area contributed by atoms with Gasteiger partial charge >= 0.3 is 12.1 Å². The Balaban J connectivity index is 2.61. The first-order valence-electron chi connectivity index (χ1n) is 5.91. The van der Waals surface area contributed by atoms with Gasteiger partial charge in [0, 0.05) is 18.7 Å². The van der Waals surface area contributed by atoms with E-state index in [1.54, 1.807) is 0 Å². The number of nitrogens with one attached hydrogen (secondary N) is 1. The average Bonchev–Trinajstić information content (AvgIpc) is 2.36. The minimum absolute atomic E-state index is 0.0537. The number of carboxylic acids is 1. The molecule has 0 saturated heterocycles. The lowest BCUT2D eigenvalue weighted by Crippen LogP contribution is -2.09. The van der Waals surface area contributed by atoms with Gasteiger partial charge in [-0.25, -0.2) is 0 Å². The van der Waals surface area contributed by atoms with Crippen molar-refractivity contribution in [3.8, 4) is 6.07 Å². The predicted molar refractivity (Wildman–Crippen MR) is 66.1 cm³/mol. The van der Waals surface area contributed by atoms with E-state index < -0.39 is 23.3 Å². The summed E-state index contributed by atoms with van der Waals surface area (Å²) in [5, 5.41) is 20.0. The average molecular weight is 286 g/mol. The minimum atomic E-state index is -4.55. The molecule has 0 fully saturated rings. The van der Waals surface area contributed by atoms with Crippen LogP contribution in [-0.2, 0) is 11.0 Å². The monoisotopic (exact) mass is 286 g/mol. The van der Waals surface area contributed by atoms with Crippen molar-refractivity contribution in [1.29, 1.82) is 5.26 Å². The second kappa shape index (κ2) is 6.80. The number of nitrogens with zero attached hydrogens (tertiary/aromatic N) is 1. The van der Waals surface area contributed by atoms with E-state index in [2.05, 4.69) is 5.32 Å². The molecule has 7 heteroatoms. The van der Waals surface area contributed by atoms with Crippen LogP contribution in [-0.4, -0.2) is 17.6 Å². The summed E-state index contributed by atoms with van der Waals surface area (Å²) < 4.78 is 37.7. The van der Waals surface area contributed by atoms with E-state index >= 15 is 0 Å². The summed E-state index contributed by atoms with van der Waals surface area (Å²) in [6, 6.07) is 4.77. The third-order valence-corrected chi connectivity index (χ3v) is 2.59. The van der Waals surface area contributed by atoms with Crippen LogP contribution in [0.15, 0.2) is 18.2 Å². The molecule has 0 aliphatic rings. The van der Waals surface area contributed by atoms with Crippen LogP contribution in [0.4, 0.5) is 18.9 Å². The Bertz CT molecular complexity index is 521. The molecule has 4 nitrogen and oxygen atoms in total. The maximum absolute atomic E-state index is 12.6. The zero-order valence-corrected chi connectivity index (χ0v) is 10.5. The molecule has 1 aromatic carbocycles. The molecule has 0 heterocycles. The van der Waals surface area contributed by atoms with Gasteiger partial charge in [-0.2, -0.15) is 18.4 Å². The van der Waals surface area contributed by atoms with Crippen LogP contribution < -0.4 is 5.32 Å². The SMILES string of the molecule is N#Cc1cc(NCCCCC(=O)O)ccc1C(F)(F)F. The highest BCUT2D eigenvalue weighted by atomic mass is 19.4. The molecule has 1 aromatic rings. The van der Waals surface area contributed by atoms with Gasteiger partial charge in [0.25, 0.3) is 0 Å². The van der Waals surface area contributed by atoms with E-state index in [4.69, 9.17) is 10.4 Å². The highest BCUT2D eigenvalue weighted by molar-refractivity contribution is 5.66. The van der Waals surface area contributed by atoms with Crippen molar-refractivity contribution in [2.75, 3.05) is 11.9 Å². The standard InChI is InChI=1S/C13H13F3N2O2/c14-13(15,16)11-5-4-10(7-9(11)8-17)18-6-2-1-3-12(19)20/h4-5,7,18H,1-3,6H2,(H,19,20). The number of anilines is 1. The van der Waals surface area contributed by atoms with Crippen molar-refractivity contribution in [3.05, 3.63) is 29.3 Å². The quantitative estimate of drug-likeness (QED) is 0.787. The highest BCUT2D eigenvalue weighted by Crippen LogP contribution is 2.32. The third kappa shape index (κ3) is 4.80. The van der Waals surface area contributed by atoms with Crippen molar-refractivity contribution < 1.29 is 23.1 Å². The largest absolute Gasteiger partial charge is 0.481 e. The van der Waals surface area contributed by atoms with E-state index in [0.717, 1.165) is 12.1 Å². The number of benzene rings is 1. The second-order valence-electron chi connectivity index (χ2n) is 4.15. The molecule has 2 N–H and O–H groups in total. The molecule has 0 saturated carbocycles. The number of halogens is 3. The first-order valence-corrected chi connectivity index (χ1v) is 5.91. The van der Waals surface area contributed by atoms with Crippen LogP contribution in [0, 0.1) is 11.3 Å². The number of nitriles is 1. The van der Waals surface area contributed by atoms with Gasteiger partial charge in [-0.3, -0.25) is 4.79 Å². The zero-order chi connectivity index (χ0) is 15.2. The summed E-state index contributed by atoms with van der Waals surface area (Å²) in [6.07, 6.45) is -3.44. The molecule has 0 atom stereocenters. The van der Waals surface area contributed by atoms with Crippen LogP contribution in [0.5, 0.6) is 0 Å². The lowest BCUT2D eigenvalue weighted by molar-refractivity contribution is -0.138. The van der Waals surface area contributed by atoms with Crippen molar-refractivity contribution in [3.63, 3.8) is 0 Å². The Hall–Kier alpha value is -2.23. The fraction of sp³-hybridized carbons (Fsp3) is 0.385. The number of alkyl halides is 3. The minimum Gasteiger partial charge on any atom is -0.481 e. The third-order valence-electron chi connectivity index (χ3n) is 2.59. The number of carboxylic acid groups (broad SMARTS) is 1. The number of unbranched alkanes of at least 4 members (excludes halogenated alkanes) is 1. The fourth-order valence-corrected chi connectivity index (χ4v) is 1.63. The molecular formula is C13H13F3N2O2. The van der Waals surface area contributed by atoms with Gasteiger partial charge in [-0.05, 0) is 31.0 Å². The molecule has 0 unspecified atom stereocenters. The van der Waals surface area contributed by atoms with Gasteiger partial charge in [0.05, 0.1) is 17.2 Å². The molecule has 0 amide bonds. The van der Waals surface area contributed by atoms with Gasteiger partial charge < -0.3 is 10.4 Å². The maximum Gasteiger partial charge on any atom is 0.417 e. The number of aliphatic carboxylic acids is 1. The van der Waals surface area contributed by atoms with E-state index in [1.165, 1.54) is 12.1 Å². The molecular weight excluding hydrogens is 273 g/mol. The van der Waals surface area contributed by atoms with Crippen LogP contribution >= 0.6 is 0 Å². The van der Waals surface area contributed by atoms with E-state index in [1.807, 2.05) is 0 Å². The van der Waals surface area contributed by atoms with Crippen LogP contribution in [0.2, 0.25) is 0 Å². The van der Waals surface area contributed by atoms with Crippen molar-refractivity contribution in [2.45, 2.75) is 25.4 Å². The van der Waals surface area contributed by atoms with Gasteiger partial charge in [-0.1, -0.05) is 0 Å². The summed E-state index contributed by atoms with van der Waals surface area (Å²) in [6.45, 7) is 0.434. The Kier molecular flexibility index (Phi) is 5.38. The summed E-state index contributed by atoms with van der Waals surface area (Å²) in [7, 11) is 0. The molecule has 0 aliphatic heterocycles. The number of hydrogen-bond acceptors (Lipinski definition) is 3. The van der Waals surface area contributed by atoms with Gasteiger partial charge in [0.15, 0.2) is 0 Å². The number of carbonyl (C=O) groups is 1. The normalized spacial score (nSPS) is 10.9. The first kappa shape index (κ1) is 15.8. The molecule has 108 valence electrons. The lowest BCUT2D eigenvalue weighted by Gasteiger charge is -2.11. The molecule has 0 bridgehead atoms. The summed E-state index contributed by atoms with van der Waals surface area (Å²) >= 11 is 0. The fourth-order valence-electron chi connectivity index (χ4n) is 1.63. The molecule has 0 radical (unpaired) electrons. The zero-order valence-electron chi connectivity index (χ0n) is 10.5. The van der Waals surface area contributed by atoms with Gasteiger partial charge in [0.1, 0.15) is 0 Å². The Morgan fingerprint density at radius 2 is 2.05 bits per heavy atom. The topological polar surface area (TPSA) is 73.1 Å². The van der Waals surface area contributed by atoms with E-state index in [0.29, 0.717) is 25.1 Å². The Morgan fingerprint density at radius 1 is 1.35 bits per heavy atom. The second-order valence-corrected chi connectivity index (χ2v) is 4.15. The van der Waals surface area contributed by atoms with Crippen molar-refractivity contribution >= 4 is 11.7 Å². The Labute approximate surface area is 113 Å². The number of rotatable bonds is 6. The molecule has 0 spiro atoms. The molecule has 0 aromatic heterocycles. The molecule has 0 aliphatic carbocycles. The number of hydrogen-bond donors (Lipinski definition) is 2. The highest BCUT2D eigenvalue weighted by Gasteiger charge is 2.33. The predicted octanol–water partition coefficient (Wildman–Crippen LogP) is 3.24. The van der Waals surface area contributed by atoms with Gasteiger partial charge in [0.2, 0.25) is 0 Å².